The van der Waals surface area contributed by atoms with E-state index in [0.29, 0.717) is 0 Å². The Labute approximate surface area is 192 Å². The fourth-order valence-corrected chi connectivity index (χ4v) is 4.77. The number of nitrogens with zero attached hydrogens (tertiary/aromatic N) is 4. The van der Waals surface area contributed by atoms with Crippen LogP contribution < -0.4 is 11.5 Å². The van der Waals surface area contributed by atoms with Crippen molar-refractivity contribution in [3.8, 4) is 18.2 Å². The Morgan fingerprint density at radius 2 is 2.03 bits per heavy atom. The lowest BCUT2D eigenvalue weighted by molar-refractivity contribution is -0.139. The van der Waals surface area contributed by atoms with Gasteiger partial charge in [-0.05, 0) is 24.4 Å². The lowest BCUT2D eigenvalue weighted by Crippen LogP contribution is -2.26. The summed E-state index contributed by atoms with van der Waals surface area (Å²) in [6.07, 6.45) is 0. The van der Waals surface area contributed by atoms with Crippen molar-refractivity contribution in [2.45, 2.75) is 17.9 Å². The highest BCUT2D eigenvalue weighted by Crippen LogP contribution is 2.42. The van der Waals surface area contributed by atoms with Gasteiger partial charge < -0.3 is 20.9 Å². The highest BCUT2D eigenvalue weighted by Gasteiger charge is 2.38. The van der Waals surface area contributed by atoms with E-state index in [2.05, 4.69) is 4.98 Å². The maximum Gasteiger partial charge on any atom is 0.338 e. The minimum absolute atomic E-state index is 0.0132. The number of allylic oxidation sites excluding steroid dienone is 1. The molecule has 1 aliphatic heterocycles. The van der Waals surface area contributed by atoms with Gasteiger partial charge in [-0.15, -0.1) is 11.3 Å². The number of nitrogen functional groups attached to an aromatic ring is 1. The van der Waals surface area contributed by atoms with E-state index in [4.69, 9.17) is 26.2 Å². The molecule has 0 saturated heterocycles. The first-order chi connectivity index (χ1) is 15.4. The van der Waals surface area contributed by atoms with Gasteiger partial charge in [0.15, 0.2) is 0 Å². The SMILES string of the molecule is CCOC(=O)C1=C(CSc2nc(N)c(C#N)cc2C#N)OC(N)=C(C#N)[C@@H]1c1cccs1. The van der Waals surface area contributed by atoms with Gasteiger partial charge in [0.2, 0.25) is 5.88 Å². The molecule has 0 radical (unpaired) electrons. The molecule has 3 heterocycles. The Morgan fingerprint density at radius 3 is 2.62 bits per heavy atom. The van der Waals surface area contributed by atoms with E-state index >= 15 is 0 Å². The predicted molar refractivity (Wildman–Crippen MR) is 117 cm³/mol. The fraction of sp³-hybridized carbons (Fsp3) is 0.190. The number of hydrogen-bond donors (Lipinski definition) is 2. The number of thiophene rings is 1. The van der Waals surface area contributed by atoms with Gasteiger partial charge in [0.05, 0.1) is 35.0 Å². The number of nitriles is 3. The van der Waals surface area contributed by atoms with Crippen LogP contribution in [0.3, 0.4) is 0 Å². The zero-order valence-electron chi connectivity index (χ0n) is 16.8. The van der Waals surface area contributed by atoms with E-state index in [0.717, 1.165) is 16.6 Å². The molecule has 0 amide bonds. The summed E-state index contributed by atoms with van der Waals surface area (Å²) in [6, 6.07) is 10.9. The number of rotatable bonds is 6. The summed E-state index contributed by atoms with van der Waals surface area (Å²) in [5, 5.41) is 30.3. The highest BCUT2D eigenvalue weighted by atomic mass is 32.2. The Kier molecular flexibility index (Phi) is 7.01. The molecule has 0 spiro atoms. The van der Waals surface area contributed by atoms with Crippen LogP contribution in [0.5, 0.6) is 0 Å². The van der Waals surface area contributed by atoms with Crippen LogP contribution in [-0.4, -0.2) is 23.3 Å². The minimum Gasteiger partial charge on any atom is -0.463 e. The second-order valence-electron chi connectivity index (χ2n) is 6.28. The second kappa shape index (κ2) is 9.88. The standard InChI is InChI=1S/C21H16N6O3S2/c1-2-29-21(28)17-14(10-32-20-12(8-23)6-11(7-22)18(25)27-20)30-19(26)13(9-24)16(17)15-4-3-5-31-15/h3-6,16H,2,10,26H2,1H3,(H2,25,27)/t16-/m1/s1. The zero-order valence-corrected chi connectivity index (χ0v) is 18.4. The smallest absolute Gasteiger partial charge is 0.338 e. The van der Waals surface area contributed by atoms with E-state index in [-0.39, 0.29) is 57.1 Å². The fourth-order valence-electron chi connectivity index (χ4n) is 3.02. The van der Waals surface area contributed by atoms with Crippen LogP contribution in [-0.2, 0) is 14.3 Å². The van der Waals surface area contributed by atoms with Gasteiger partial charge in [-0.25, -0.2) is 9.78 Å². The molecule has 2 aromatic heterocycles. The number of pyridine rings is 1. The van der Waals surface area contributed by atoms with Crippen molar-refractivity contribution in [2.24, 2.45) is 5.73 Å². The van der Waals surface area contributed by atoms with Crippen LogP contribution in [0.15, 0.2) is 51.4 Å². The van der Waals surface area contributed by atoms with Crippen LogP contribution >= 0.6 is 23.1 Å². The third kappa shape index (κ3) is 4.37. The number of ether oxygens (including phenoxy) is 2. The van der Waals surface area contributed by atoms with E-state index < -0.39 is 11.9 Å². The summed E-state index contributed by atoms with van der Waals surface area (Å²) in [6.45, 7) is 1.81. The molecule has 32 heavy (non-hydrogen) atoms. The average Bonchev–Trinajstić information content (AvgIpc) is 3.31. The highest BCUT2D eigenvalue weighted by molar-refractivity contribution is 7.99. The van der Waals surface area contributed by atoms with Crippen molar-refractivity contribution in [3.05, 3.63) is 62.4 Å². The topological polar surface area (TPSA) is 172 Å². The number of thioether (sulfide) groups is 1. The molecular formula is C21H16N6O3S2. The lowest BCUT2D eigenvalue weighted by atomic mass is 9.87. The van der Waals surface area contributed by atoms with Gasteiger partial charge in [0, 0.05) is 4.88 Å². The van der Waals surface area contributed by atoms with Gasteiger partial charge in [-0.3, -0.25) is 0 Å². The number of esters is 1. The third-order valence-electron chi connectivity index (χ3n) is 4.42. The number of hydrogen-bond acceptors (Lipinski definition) is 11. The van der Waals surface area contributed by atoms with Crippen molar-refractivity contribution >= 4 is 34.9 Å². The molecular weight excluding hydrogens is 448 g/mol. The summed E-state index contributed by atoms with van der Waals surface area (Å²) < 4.78 is 10.9. The van der Waals surface area contributed by atoms with Gasteiger partial charge in [-0.2, -0.15) is 15.8 Å². The number of anilines is 1. The van der Waals surface area contributed by atoms with Gasteiger partial charge in [-0.1, -0.05) is 17.8 Å². The Hall–Kier alpha value is -3.98. The zero-order chi connectivity index (χ0) is 23.3. The molecule has 1 aliphatic rings. The lowest BCUT2D eigenvalue weighted by Gasteiger charge is -2.27. The molecule has 0 unspecified atom stereocenters. The van der Waals surface area contributed by atoms with Crippen LogP contribution in [0.1, 0.15) is 28.8 Å². The first-order valence-electron chi connectivity index (χ1n) is 9.19. The van der Waals surface area contributed by atoms with Crippen molar-refractivity contribution in [1.29, 1.82) is 15.8 Å². The van der Waals surface area contributed by atoms with Crippen LogP contribution in [0, 0.1) is 34.0 Å². The maximum absolute atomic E-state index is 12.9. The van der Waals surface area contributed by atoms with E-state index in [9.17, 15) is 15.3 Å². The molecule has 11 heteroatoms. The Balaban J connectivity index is 2.06. The quantitative estimate of drug-likeness (QED) is 0.478. The molecule has 0 aromatic carbocycles. The molecule has 3 rings (SSSR count). The predicted octanol–water partition coefficient (Wildman–Crippen LogP) is 2.89. The van der Waals surface area contributed by atoms with Crippen molar-refractivity contribution < 1.29 is 14.3 Å². The average molecular weight is 465 g/mol. The molecule has 9 nitrogen and oxygen atoms in total. The van der Waals surface area contributed by atoms with Crippen LogP contribution in [0.25, 0.3) is 0 Å². The number of nitrogens with two attached hydrogens (primary N) is 2. The monoisotopic (exact) mass is 464 g/mol. The minimum atomic E-state index is -0.738. The molecule has 0 fully saturated rings. The Bertz CT molecular complexity index is 1250. The molecule has 4 N–H and O–H groups in total. The largest absolute Gasteiger partial charge is 0.463 e. The number of aromatic nitrogens is 1. The maximum atomic E-state index is 12.9. The molecule has 0 bridgehead atoms. The van der Waals surface area contributed by atoms with E-state index in [1.54, 1.807) is 19.1 Å². The molecule has 0 saturated carbocycles. The van der Waals surface area contributed by atoms with Crippen LogP contribution in [0.4, 0.5) is 5.82 Å². The molecule has 2 aromatic rings. The number of carbonyl (C=O) groups is 1. The Morgan fingerprint density at radius 1 is 1.28 bits per heavy atom. The first kappa shape index (κ1) is 22.7. The van der Waals surface area contributed by atoms with Gasteiger partial charge >= 0.3 is 5.97 Å². The molecule has 1 atom stereocenters. The van der Waals surface area contributed by atoms with Crippen molar-refractivity contribution in [2.75, 3.05) is 18.1 Å². The summed E-state index contributed by atoms with van der Waals surface area (Å²) in [4.78, 5) is 17.8. The normalized spacial score (nSPS) is 15.4. The summed E-state index contributed by atoms with van der Waals surface area (Å²) >= 11 is 2.46. The van der Waals surface area contributed by atoms with Gasteiger partial charge in [0.25, 0.3) is 0 Å². The first-order valence-corrected chi connectivity index (χ1v) is 11.1. The van der Waals surface area contributed by atoms with Crippen molar-refractivity contribution in [1.82, 2.24) is 4.98 Å². The molecule has 0 aliphatic carbocycles. The van der Waals surface area contributed by atoms with E-state index in [1.807, 2.05) is 23.6 Å². The summed E-state index contributed by atoms with van der Waals surface area (Å²) in [5.74, 6) is -1.24. The number of carbonyl (C=O) groups excluding carboxylic acids is 1. The molecule has 160 valence electrons. The third-order valence-corrected chi connectivity index (χ3v) is 6.35. The van der Waals surface area contributed by atoms with Crippen LogP contribution in [0.2, 0.25) is 0 Å². The second-order valence-corrected chi connectivity index (χ2v) is 8.23. The van der Waals surface area contributed by atoms with E-state index in [1.165, 1.54) is 17.4 Å². The van der Waals surface area contributed by atoms with Crippen molar-refractivity contribution in [3.63, 3.8) is 0 Å². The van der Waals surface area contributed by atoms with Gasteiger partial charge in [0.1, 0.15) is 40.4 Å². The summed E-state index contributed by atoms with van der Waals surface area (Å²) in [5.41, 5.74) is 12.3. The summed E-state index contributed by atoms with van der Waals surface area (Å²) in [7, 11) is 0.